The summed E-state index contributed by atoms with van der Waals surface area (Å²) in [5.41, 5.74) is 5.35. The number of carbonyl (C=O) groups is 1. The number of imidazole rings is 1. The second-order valence-corrected chi connectivity index (χ2v) is 5.94. The molecule has 1 aliphatic carbocycles. The number of aromatic nitrogens is 2. The molecule has 0 radical (unpaired) electrons. The third-order valence-electron chi connectivity index (χ3n) is 4.28. The Hall–Kier alpha value is -2.56. The maximum absolute atomic E-state index is 12.4. The Morgan fingerprint density at radius 1 is 1.35 bits per heavy atom. The first kappa shape index (κ1) is 15.3. The van der Waals surface area contributed by atoms with Gasteiger partial charge in [0.2, 0.25) is 0 Å². The Bertz CT molecular complexity index is 705. The van der Waals surface area contributed by atoms with Crippen molar-refractivity contribution in [3.8, 4) is 0 Å². The summed E-state index contributed by atoms with van der Waals surface area (Å²) in [6.45, 7) is 2.67. The van der Waals surface area contributed by atoms with Crippen LogP contribution in [0.4, 0.5) is 5.69 Å². The standard InChI is InChI=1S/C18H22N4O/c1-14-19-10-11-22(14)13-15-8-9-16(12-18(15)23)20-21(2)17-6-4-3-5-7-17/h3-7,10-12,15,20H,8-9,13H2,1-2H3. The lowest BCUT2D eigenvalue weighted by Crippen LogP contribution is -2.36. The Kier molecular flexibility index (Phi) is 4.46. The largest absolute Gasteiger partial charge is 0.334 e. The minimum atomic E-state index is 0.0375. The number of carbonyl (C=O) groups excluding carboxylic acids is 1. The van der Waals surface area contributed by atoms with E-state index in [0.717, 1.165) is 30.1 Å². The third-order valence-corrected chi connectivity index (χ3v) is 4.28. The second kappa shape index (κ2) is 6.69. The molecule has 23 heavy (non-hydrogen) atoms. The van der Waals surface area contributed by atoms with Crippen LogP contribution in [-0.4, -0.2) is 22.4 Å². The molecule has 1 aliphatic rings. The van der Waals surface area contributed by atoms with Gasteiger partial charge in [-0.2, -0.15) is 0 Å². The first-order valence-corrected chi connectivity index (χ1v) is 7.91. The predicted molar refractivity (Wildman–Crippen MR) is 90.8 cm³/mol. The number of hydrazine groups is 1. The predicted octanol–water partition coefficient (Wildman–Crippen LogP) is 2.70. The lowest BCUT2D eigenvalue weighted by Gasteiger charge is -2.27. The topological polar surface area (TPSA) is 50.2 Å². The summed E-state index contributed by atoms with van der Waals surface area (Å²) >= 11 is 0. The molecule has 5 heteroatoms. The van der Waals surface area contributed by atoms with Gasteiger partial charge >= 0.3 is 0 Å². The molecule has 1 heterocycles. The van der Waals surface area contributed by atoms with Crippen molar-refractivity contribution in [3.63, 3.8) is 0 Å². The van der Waals surface area contributed by atoms with Gasteiger partial charge in [0.15, 0.2) is 5.78 Å². The maximum atomic E-state index is 12.4. The molecule has 0 saturated carbocycles. The zero-order valence-electron chi connectivity index (χ0n) is 13.6. The van der Waals surface area contributed by atoms with Crippen LogP contribution in [0, 0.1) is 12.8 Å². The summed E-state index contributed by atoms with van der Waals surface area (Å²) in [6.07, 6.45) is 7.20. The molecule has 1 aromatic carbocycles. The van der Waals surface area contributed by atoms with Gasteiger partial charge in [-0.3, -0.25) is 9.80 Å². The van der Waals surface area contributed by atoms with Gasteiger partial charge in [0.1, 0.15) is 5.82 Å². The van der Waals surface area contributed by atoms with Gasteiger partial charge < -0.3 is 9.99 Å². The minimum Gasteiger partial charge on any atom is -0.334 e. The normalized spacial score (nSPS) is 17.7. The molecule has 1 atom stereocenters. The third kappa shape index (κ3) is 3.62. The van der Waals surface area contributed by atoms with Crippen molar-refractivity contribution in [3.05, 3.63) is 60.3 Å². The van der Waals surface area contributed by atoms with Crippen LogP contribution in [0.3, 0.4) is 0 Å². The summed E-state index contributed by atoms with van der Waals surface area (Å²) in [7, 11) is 1.96. The summed E-state index contributed by atoms with van der Waals surface area (Å²) < 4.78 is 2.05. The molecule has 0 fully saturated rings. The van der Waals surface area contributed by atoms with E-state index in [1.165, 1.54) is 0 Å². The van der Waals surface area contributed by atoms with Crippen molar-refractivity contribution < 1.29 is 4.79 Å². The number of anilines is 1. The fourth-order valence-electron chi connectivity index (χ4n) is 2.87. The average molecular weight is 310 g/mol. The van der Waals surface area contributed by atoms with Crippen LogP contribution in [-0.2, 0) is 11.3 Å². The average Bonchev–Trinajstić information content (AvgIpc) is 2.96. The summed E-state index contributed by atoms with van der Waals surface area (Å²) in [4.78, 5) is 16.6. The first-order chi connectivity index (χ1) is 11.1. The van der Waals surface area contributed by atoms with Crippen LogP contribution < -0.4 is 10.4 Å². The highest BCUT2D eigenvalue weighted by atomic mass is 16.1. The molecule has 1 aromatic heterocycles. The van der Waals surface area contributed by atoms with Crippen molar-refractivity contribution in [1.82, 2.24) is 15.0 Å². The van der Waals surface area contributed by atoms with E-state index < -0.39 is 0 Å². The number of hydrogen-bond acceptors (Lipinski definition) is 4. The van der Waals surface area contributed by atoms with Gasteiger partial charge in [0.05, 0.1) is 5.69 Å². The van der Waals surface area contributed by atoms with E-state index in [1.807, 2.05) is 60.1 Å². The van der Waals surface area contributed by atoms with Crippen molar-refractivity contribution >= 4 is 11.5 Å². The van der Waals surface area contributed by atoms with Crippen LogP contribution in [0.5, 0.6) is 0 Å². The van der Waals surface area contributed by atoms with Gasteiger partial charge in [0.25, 0.3) is 0 Å². The highest BCUT2D eigenvalue weighted by Crippen LogP contribution is 2.22. The molecule has 0 bridgehead atoms. The van der Waals surface area contributed by atoms with Crippen molar-refractivity contribution in [1.29, 1.82) is 0 Å². The number of nitrogens with zero attached hydrogens (tertiary/aromatic N) is 3. The van der Waals surface area contributed by atoms with Crippen LogP contribution >= 0.6 is 0 Å². The number of aryl methyl sites for hydroxylation is 1. The van der Waals surface area contributed by atoms with Gasteiger partial charge in [-0.05, 0) is 31.9 Å². The molecule has 120 valence electrons. The molecular formula is C18H22N4O. The van der Waals surface area contributed by atoms with E-state index in [-0.39, 0.29) is 11.7 Å². The number of nitrogens with one attached hydrogen (secondary N) is 1. The van der Waals surface area contributed by atoms with E-state index in [1.54, 1.807) is 12.3 Å². The minimum absolute atomic E-state index is 0.0375. The van der Waals surface area contributed by atoms with E-state index >= 15 is 0 Å². The summed E-state index contributed by atoms with van der Waals surface area (Å²) in [5, 5.41) is 1.94. The molecule has 5 nitrogen and oxygen atoms in total. The number of benzene rings is 1. The molecule has 1 unspecified atom stereocenters. The van der Waals surface area contributed by atoms with E-state index in [2.05, 4.69) is 10.4 Å². The lowest BCUT2D eigenvalue weighted by molar-refractivity contribution is -0.119. The fourth-order valence-corrected chi connectivity index (χ4v) is 2.87. The molecule has 2 aromatic rings. The monoisotopic (exact) mass is 310 g/mol. The Labute approximate surface area is 136 Å². The number of ketones is 1. The van der Waals surface area contributed by atoms with Crippen LogP contribution in [0.1, 0.15) is 18.7 Å². The number of allylic oxidation sites excluding steroid dienone is 2. The van der Waals surface area contributed by atoms with Crippen molar-refractivity contribution in [2.75, 3.05) is 12.1 Å². The number of hydrogen-bond donors (Lipinski definition) is 1. The summed E-state index contributed by atoms with van der Waals surface area (Å²) in [5.74, 6) is 1.18. The van der Waals surface area contributed by atoms with E-state index in [9.17, 15) is 4.79 Å². The zero-order chi connectivity index (χ0) is 16.2. The smallest absolute Gasteiger partial charge is 0.162 e. The van der Waals surface area contributed by atoms with Crippen molar-refractivity contribution in [2.24, 2.45) is 5.92 Å². The lowest BCUT2D eigenvalue weighted by atomic mass is 9.91. The Balaban J connectivity index is 1.62. The van der Waals surface area contributed by atoms with E-state index in [4.69, 9.17) is 0 Å². The first-order valence-electron chi connectivity index (χ1n) is 7.91. The molecule has 3 rings (SSSR count). The molecule has 1 N–H and O–H groups in total. The summed E-state index contributed by atoms with van der Waals surface area (Å²) in [6, 6.07) is 10.0. The maximum Gasteiger partial charge on any atom is 0.162 e. The Morgan fingerprint density at radius 2 is 2.13 bits per heavy atom. The molecular weight excluding hydrogens is 288 g/mol. The highest BCUT2D eigenvalue weighted by Gasteiger charge is 2.23. The molecule has 0 aliphatic heterocycles. The zero-order valence-corrected chi connectivity index (χ0v) is 13.6. The van der Waals surface area contributed by atoms with Gasteiger partial charge in [0, 0.05) is 43.7 Å². The van der Waals surface area contributed by atoms with Crippen LogP contribution in [0.15, 0.2) is 54.5 Å². The molecule has 0 amide bonds. The van der Waals surface area contributed by atoms with Crippen LogP contribution in [0.25, 0.3) is 0 Å². The van der Waals surface area contributed by atoms with Gasteiger partial charge in [-0.1, -0.05) is 18.2 Å². The Morgan fingerprint density at radius 3 is 2.78 bits per heavy atom. The van der Waals surface area contributed by atoms with Gasteiger partial charge in [-0.15, -0.1) is 0 Å². The number of para-hydroxylation sites is 1. The molecule has 0 saturated heterocycles. The fraction of sp³-hybridized carbons (Fsp3) is 0.333. The molecule has 0 spiro atoms. The van der Waals surface area contributed by atoms with Gasteiger partial charge in [-0.25, -0.2) is 4.98 Å². The quantitative estimate of drug-likeness (QED) is 0.863. The second-order valence-electron chi connectivity index (χ2n) is 5.94. The number of rotatable bonds is 5. The highest BCUT2D eigenvalue weighted by molar-refractivity contribution is 5.93. The van der Waals surface area contributed by atoms with E-state index in [0.29, 0.717) is 6.54 Å². The SMILES string of the molecule is Cc1nccn1CC1CCC(NN(C)c2ccccc2)=CC1=O. The van der Waals surface area contributed by atoms with Crippen LogP contribution in [0.2, 0.25) is 0 Å². The van der Waals surface area contributed by atoms with Crippen molar-refractivity contribution in [2.45, 2.75) is 26.3 Å².